The van der Waals surface area contributed by atoms with Crippen LogP contribution in [0.25, 0.3) is 0 Å². The monoisotopic (exact) mass is 215 g/mol. The molecule has 0 aromatic carbocycles. The maximum absolute atomic E-state index is 11.2. The van der Waals surface area contributed by atoms with Gasteiger partial charge in [-0.3, -0.25) is 9.59 Å². The second kappa shape index (κ2) is 4.28. The van der Waals surface area contributed by atoms with E-state index in [4.69, 9.17) is 16.7 Å². The molecule has 1 heterocycles. The fourth-order valence-corrected chi connectivity index (χ4v) is 1.36. The minimum atomic E-state index is -0.901. The highest BCUT2D eigenvalue weighted by atomic mass is 35.5. The maximum Gasteiger partial charge on any atom is 0.303 e. The summed E-state index contributed by atoms with van der Waals surface area (Å²) in [5.41, 5.74) is 0.395. The first-order chi connectivity index (χ1) is 6.50. The molecule has 1 aromatic heterocycles. The van der Waals surface area contributed by atoms with Crippen LogP contribution in [0.4, 0.5) is 0 Å². The first-order valence-corrected chi connectivity index (χ1v) is 4.45. The van der Waals surface area contributed by atoms with Crippen LogP contribution in [0.1, 0.15) is 12.0 Å². The number of pyridine rings is 1. The average Bonchev–Trinajstić information content (AvgIpc) is 2.09. The molecule has 1 rings (SSSR count). The van der Waals surface area contributed by atoms with Crippen LogP contribution in [-0.4, -0.2) is 15.6 Å². The molecule has 0 aliphatic heterocycles. The number of hydrogen-bond donors (Lipinski definition) is 1. The number of hydrogen-bond acceptors (Lipinski definition) is 2. The van der Waals surface area contributed by atoms with Gasteiger partial charge in [0.1, 0.15) is 0 Å². The Morgan fingerprint density at radius 2 is 2.29 bits per heavy atom. The molecule has 4 nitrogen and oxygen atoms in total. The number of carbonyl (C=O) groups is 1. The number of nitrogens with zero attached hydrogens (tertiary/aromatic N) is 1. The molecule has 0 saturated carbocycles. The van der Waals surface area contributed by atoms with Crippen LogP contribution in [0.3, 0.4) is 0 Å². The Morgan fingerprint density at radius 3 is 2.86 bits per heavy atom. The zero-order valence-corrected chi connectivity index (χ0v) is 8.41. The third-order valence-electron chi connectivity index (χ3n) is 1.87. The Bertz CT molecular complexity index is 411. The first-order valence-electron chi connectivity index (χ1n) is 4.07. The van der Waals surface area contributed by atoms with Gasteiger partial charge in [-0.2, -0.15) is 0 Å². The van der Waals surface area contributed by atoms with Gasteiger partial charge in [0.05, 0.1) is 5.02 Å². The van der Waals surface area contributed by atoms with Gasteiger partial charge in [-0.25, -0.2) is 0 Å². The van der Waals surface area contributed by atoms with E-state index in [9.17, 15) is 9.59 Å². The van der Waals surface area contributed by atoms with Crippen molar-refractivity contribution in [3.63, 3.8) is 0 Å². The zero-order chi connectivity index (χ0) is 10.7. The van der Waals surface area contributed by atoms with Crippen molar-refractivity contribution in [1.29, 1.82) is 0 Å². The summed E-state index contributed by atoms with van der Waals surface area (Å²) in [5, 5.41) is 8.89. The van der Waals surface area contributed by atoms with Crippen LogP contribution in [0.5, 0.6) is 0 Å². The van der Waals surface area contributed by atoms with E-state index < -0.39 is 5.97 Å². The SMILES string of the molecule is Cn1cc(Cl)c(CCC(=O)O)cc1=O. The largest absolute Gasteiger partial charge is 0.481 e. The normalized spacial score (nSPS) is 10.1. The zero-order valence-electron chi connectivity index (χ0n) is 7.66. The molecule has 14 heavy (non-hydrogen) atoms. The molecule has 0 amide bonds. The van der Waals surface area contributed by atoms with Gasteiger partial charge in [0.25, 0.3) is 5.56 Å². The van der Waals surface area contributed by atoms with Crippen LogP contribution >= 0.6 is 11.6 Å². The van der Waals surface area contributed by atoms with Crippen LogP contribution in [-0.2, 0) is 18.3 Å². The van der Waals surface area contributed by atoms with E-state index in [0.717, 1.165) is 0 Å². The van der Waals surface area contributed by atoms with E-state index in [0.29, 0.717) is 10.6 Å². The molecule has 76 valence electrons. The second-order valence-corrected chi connectivity index (χ2v) is 3.40. The van der Waals surface area contributed by atoms with Crippen molar-refractivity contribution in [2.75, 3.05) is 0 Å². The highest BCUT2D eigenvalue weighted by Gasteiger charge is 2.05. The van der Waals surface area contributed by atoms with Gasteiger partial charge in [-0.05, 0) is 12.0 Å². The molecule has 0 atom stereocenters. The number of rotatable bonds is 3. The molecular weight excluding hydrogens is 206 g/mol. The van der Waals surface area contributed by atoms with E-state index in [1.165, 1.54) is 16.8 Å². The molecule has 0 aliphatic rings. The summed E-state index contributed by atoms with van der Waals surface area (Å²) in [4.78, 5) is 21.5. The van der Waals surface area contributed by atoms with Gasteiger partial charge in [0, 0.05) is 25.7 Å². The van der Waals surface area contributed by atoms with Gasteiger partial charge in [0.15, 0.2) is 0 Å². The Balaban J connectivity index is 2.93. The van der Waals surface area contributed by atoms with Crippen molar-refractivity contribution >= 4 is 17.6 Å². The van der Waals surface area contributed by atoms with Crippen molar-refractivity contribution in [2.45, 2.75) is 12.8 Å². The quantitative estimate of drug-likeness (QED) is 0.820. The van der Waals surface area contributed by atoms with Crippen molar-refractivity contribution in [3.05, 3.63) is 33.2 Å². The minimum Gasteiger partial charge on any atom is -0.481 e. The van der Waals surface area contributed by atoms with Gasteiger partial charge in [0.2, 0.25) is 0 Å². The Kier molecular flexibility index (Phi) is 3.30. The van der Waals surface area contributed by atoms with Crippen LogP contribution < -0.4 is 5.56 Å². The lowest BCUT2D eigenvalue weighted by Crippen LogP contribution is -2.16. The lowest BCUT2D eigenvalue weighted by Gasteiger charge is -2.03. The molecule has 0 spiro atoms. The smallest absolute Gasteiger partial charge is 0.303 e. The summed E-state index contributed by atoms with van der Waals surface area (Å²) >= 11 is 5.83. The Morgan fingerprint density at radius 1 is 1.64 bits per heavy atom. The maximum atomic E-state index is 11.2. The first kappa shape index (κ1) is 10.8. The molecule has 1 aromatic rings. The number of halogens is 1. The fourth-order valence-electron chi connectivity index (χ4n) is 1.07. The van der Waals surface area contributed by atoms with Crippen LogP contribution in [0, 0.1) is 0 Å². The third kappa shape index (κ3) is 2.60. The third-order valence-corrected chi connectivity index (χ3v) is 2.21. The van der Waals surface area contributed by atoms with Crippen LogP contribution in [0.15, 0.2) is 17.1 Å². The number of carboxylic acids is 1. The predicted octanol–water partition coefficient (Wildman–Crippen LogP) is 1.06. The predicted molar refractivity (Wildman–Crippen MR) is 52.6 cm³/mol. The molecule has 0 bridgehead atoms. The Hall–Kier alpha value is -1.29. The molecule has 5 heteroatoms. The summed E-state index contributed by atoms with van der Waals surface area (Å²) in [5.74, 6) is -0.901. The summed E-state index contributed by atoms with van der Waals surface area (Å²) in [6.45, 7) is 0. The molecule has 1 N–H and O–H groups in total. The highest BCUT2D eigenvalue weighted by molar-refractivity contribution is 6.31. The lowest BCUT2D eigenvalue weighted by atomic mass is 10.1. The van der Waals surface area contributed by atoms with Crippen molar-refractivity contribution < 1.29 is 9.90 Å². The second-order valence-electron chi connectivity index (χ2n) is 2.99. The standard InChI is InChI=1S/C9H10ClNO3/c1-11-5-7(10)6(4-8(11)12)2-3-9(13)14/h4-5H,2-3H2,1H3,(H,13,14). The number of aliphatic carboxylic acids is 1. The van der Waals surface area contributed by atoms with Gasteiger partial charge in [-0.1, -0.05) is 11.6 Å². The molecular formula is C9H10ClNO3. The van der Waals surface area contributed by atoms with Gasteiger partial charge in [-0.15, -0.1) is 0 Å². The molecule has 0 radical (unpaired) electrons. The van der Waals surface area contributed by atoms with E-state index in [1.54, 1.807) is 7.05 Å². The number of aromatic nitrogens is 1. The van der Waals surface area contributed by atoms with Crippen molar-refractivity contribution in [2.24, 2.45) is 7.05 Å². The molecule has 0 unspecified atom stereocenters. The fraction of sp³-hybridized carbons (Fsp3) is 0.333. The van der Waals surface area contributed by atoms with Crippen molar-refractivity contribution in [3.8, 4) is 0 Å². The summed E-state index contributed by atoms with van der Waals surface area (Å²) < 4.78 is 1.35. The average molecular weight is 216 g/mol. The van der Waals surface area contributed by atoms with E-state index in [-0.39, 0.29) is 18.4 Å². The lowest BCUT2D eigenvalue weighted by molar-refractivity contribution is -0.136. The van der Waals surface area contributed by atoms with Crippen molar-refractivity contribution in [1.82, 2.24) is 4.57 Å². The Labute approximate surface area is 85.7 Å². The number of aryl methyl sites for hydroxylation is 2. The van der Waals surface area contributed by atoms with Crippen LogP contribution in [0.2, 0.25) is 5.02 Å². The highest BCUT2D eigenvalue weighted by Crippen LogP contribution is 2.14. The molecule has 0 aliphatic carbocycles. The van der Waals surface area contributed by atoms with E-state index >= 15 is 0 Å². The summed E-state index contributed by atoms with van der Waals surface area (Å²) in [7, 11) is 1.59. The van der Waals surface area contributed by atoms with E-state index in [2.05, 4.69) is 0 Å². The number of carboxylic acid groups (broad SMARTS) is 1. The van der Waals surface area contributed by atoms with Gasteiger partial charge < -0.3 is 9.67 Å². The van der Waals surface area contributed by atoms with Gasteiger partial charge >= 0.3 is 5.97 Å². The minimum absolute atomic E-state index is 0.0209. The molecule has 0 fully saturated rings. The summed E-state index contributed by atoms with van der Waals surface area (Å²) in [6.07, 6.45) is 1.75. The topological polar surface area (TPSA) is 59.3 Å². The van der Waals surface area contributed by atoms with E-state index in [1.807, 2.05) is 0 Å². The molecule has 0 saturated heterocycles. The summed E-state index contributed by atoms with van der Waals surface area (Å²) in [6, 6.07) is 1.37.